The van der Waals surface area contributed by atoms with Crippen LogP contribution in [0.3, 0.4) is 0 Å². The van der Waals surface area contributed by atoms with E-state index in [-0.39, 0.29) is 49.6 Å². The summed E-state index contributed by atoms with van der Waals surface area (Å²) >= 11 is 0. The lowest BCUT2D eigenvalue weighted by atomic mass is 10.3. The maximum absolute atomic E-state index is 3.39. The van der Waals surface area contributed by atoms with Gasteiger partial charge in [0.2, 0.25) is 0 Å². The number of nitrogens with zero attached hydrogens (tertiary/aromatic N) is 2. The predicted molar refractivity (Wildman–Crippen MR) is 87.6 cm³/mol. The normalized spacial score (nSPS) is 20.7. The van der Waals surface area contributed by atoms with Crippen LogP contribution in [0.25, 0.3) is 0 Å². The largest absolute Gasteiger partial charge is 0.314 e. The molecule has 0 atom stereocenters. The summed E-state index contributed by atoms with van der Waals surface area (Å²) in [6, 6.07) is 0. The summed E-state index contributed by atoms with van der Waals surface area (Å²) < 4.78 is 0. The van der Waals surface area contributed by atoms with Gasteiger partial charge in [-0.1, -0.05) is 0 Å². The highest BCUT2D eigenvalue weighted by Crippen LogP contribution is 1.96. The van der Waals surface area contributed by atoms with Crippen molar-refractivity contribution in [2.45, 2.75) is 0 Å². The van der Waals surface area contributed by atoms with Crippen LogP contribution in [-0.2, 0) is 0 Å². The van der Waals surface area contributed by atoms with Crippen molar-refractivity contribution in [1.82, 2.24) is 20.4 Å². The maximum Gasteiger partial charge on any atom is 0.0110 e. The van der Waals surface area contributed by atoms with Gasteiger partial charge in [-0.2, -0.15) is 0 Å². The molecule has 8 heteroatoms. The molecule has 0 aliphatic carbocycles. The zero-order chi connectivity index (χ0) is 9.64. The molecule has 2 aliphatic rings. The van der Waals surface area contributed by atoms with Crippen molar-refractivity contribution >= 4 is 49.6 Å². The molecule has 0 saturated carbocycles. The second-order valence-corrected chi connectivity index (χ2v) is 4.18. The molecule has 0 amide bonds. The zero-order valence-electron chi connectivity index (χ0n) is 10.6. The lowest BCUT2D eigenvalue weighted by Crippen LogP contribution is -2.49. The Kier molecular flexibility index (Phi) is 19.3. The van der Waals surface area contributed by atoms with Crippen LogP contribution in [-0.4, -0.2) is 75.2 Å². The first-order valence-electron chi connectivity index (χ1n) is 5.81. The van der Waals surface area contributed by atoms with Crippen LogP contribution < -0.4 is 10.6 Å². The number of halogens is 4. The zero-order valence-corrected chi connectivity index (χ0v) is 13.9. The molecule has 2 heterocycles. The molecule has 0 aromatic rings. The minimum atomic E-state index is 0. The third kappa shape index (κ3) is 8.99. The highest BCUT2D eigenvalue weighted by atomic mass is 35.5. The monoisotopic (exact) mass is 342 g/mol. The van der Waals surface area contributed by atoms with Gasteiger partial charge in [-0.05, 0) is 0 Å². The Bertz CT molecular complexity index is 146. The molecule has 2 aliphatic heterocycles. The molecule has 2 saturated heterocycles. The molecule has 2 N–H and O–H groups in total. The molecule has 2 fully saturated rings. The van der Waals surface area contributed by atoms with Crippen molar-refractivity contribution < 1.29 is 0 Å². The predicted octanol–water partition coefficient (Wildman–Crippen LogP) is 0.484. The molecule has 0 aromatic heterocycles. The molecule has 0 spiro atoms. The van der Waals surface area contributed by atoms with E-state index < -0.39 is 0 Å². The van der Waals surface area contributed by atoms with Gasteiger partial charge in [-0.15, -0.1) is 49.6 Å². The summed E-state index contributed by atoms with van der Waals surface area (Å²) in [5, 5.41) is 6.77. The van der Waals surface area contributed by atoms with Crippen molar-refractivity contribution in [3.8, 4) is 0 Å². The van der Waals surface area contributed by atoms with Crippen LogP contribution in [0.1, 0.15) is 0 Å². The van der Waals surface area contributed by atoms with Crippen LogP contribution >= 0.6 is 49.6 Å². The van der Waals surface area contributed by atoms with Gasteiger partial charge in [-0.3, -0.25) is 9.80 Å². The van der Waals surface area contributed by atoms with Gasteiger partial charge in [-0.25, -0.2) is 0 Å². The van der Waals surface area contributed by atoms with E-state index in [1.165, 1.54) is 65.4 Å². The van der Waals surface area contributed by atoms with Gasteiger partial charge in [0, 0.05) is 65.4 Å². The van der Waals surface area contributed by atoms with Gasteiger partial charge < -0.3 is 10.6 Å². The first-order valence-corrected chi connectivity index (χ1v) is 5.81. The molecular weight excluding hydrogens is 318 g/mol. The lowest BCUT2D eigenvalue weighted by molar-refractivity contribution is 0.177. The van der Waals surface area contributed by atoms with Crippen LogP contribution in [0, 0.1) is 0 Å². The average molecular weight is 344 g/mol. The molecule has 18 heavy (non-hydrogen) atoms. The van der Waals surface area contributed by atoms with E-state index in [2.05, 4.69) is 20.4 Å². The van der Waals surface area contributed by atoms with Gasteiger partial charge in [0.05, 0.1) is 0 Å². The Morgan fingerprint density at radius 2 is 0.833 bits per heavy atom. The first-order chi connectivity index (χ1) is 6.95. The van der Waals surface area contributed by atoms with Gasteiger partial charge in [0.15, 0.2) is 0 Å². The number of rotatable bonds is 3. The highest BCUT2D eigenvalue weighted by Gasteiger charge is 2.13. The molecule has 114 valence electrons. The molecule has 0 bridgehead atoms. The standard InChI is InChI=1S/C10H22N4.4ClH/c1-5-13(6-2-11-1)9-10-14-7-3-12-4-8-14;;;;/h11-12H,1-10H2;4*1H. The van der Waals surface area contributed by atoms with E-state index in [1.807, 2.05) is 0 Å². The Balaban J connectivity index is -0.000000562. The van der Waals surface area contributed by atoms with E-state index in [0.29, 0.717) is 0 Å². The topological polar surface area (TPSA) is 30.5 Å². The molecular formula is C10H26Cl4N4. The summed E-state index contributed by atoms with van der Waals surface area (Å²) in [5.41, 5.74) is 0. The van der Waals surface area contributed by atoms with Crippen molar-refractivity contribution in [1.29, 1.82) is 0 Å². The smallest absolute Gasteiger partial charge is 0.0110 e. The molecule has 0 unspecified atom stereocenters. The number of piperazine rings is 2. The maximum atomic E-state index is 3.39. The quantitative estimate of drug-likeness (QED) is 0.780. The summed E-state index contributed by atoms with van der Waals surface area (Å²) in [6.45, 7) is 12.1. The Morgan fingerprint density at radius 3 is 1.11 bits per heavy atom. The Labute approximate surface area is 135 Å². The fourth-order valence-electron chi connectivity index (χ4n) is 2.15. The van der Waals surface area contributed by atoms with Crippen molar-refractivity contribution in [2.24, 2.45) is 0 Å². The lowest BCUT2D eigenvalue weighted by Gasteiger charge is -2.32. The molecule has 2 rings (SSSR count). The van der Waals surface area contributed by atoms with Crippen molar-refractivity contribution in [3.63, 3.8) is 0 Å². The number of hydrogen-bond donors (Lipinski definition) is 2. The Morgan fingerprint density at radius 1 is 0.556 bits per heavy atom. The van der Waals surface area contributed by atoms with E-state index in [1.54, 1.807) is 0 Å². The van der Waals surface area contributed by atoms with E-state index >= 15 is 0 Å². The summed E-state index contributed by atoms with van der Waals surface area (Å²) in [7, 11) is 0. The Hall–Kier alpha value is 1.00. The number of nitrogens with one attached hydrogen (secondary N) is 2. The first kappa shape index (κ1) is 24.0. The van der Waals surface area contributed by atoms with Gasteiger partial charge >= 0.3 is 0 Å². The molecule has 0 radical (unpaired) electrons. The van der Waals surface area contributed by atoms with Gasteiger partial charge in [0.1, 0.15) is 0 Å². The fourth-order valence-corrected chi connectivity index (χ4v) is 2.15. The third-order valence-corrected chi connectivity index (χ3v) is 3.15. The second kappa shape index (κ2) is 14.4. The van der Waals surface area contributed by atoms with E-state index in [4.69, 9.17) is 0 Å². The third-order valence-electron chi connectivity index (χ3n) is 3.15. The summed E-state index contributed by atoms with van der Waals surface area (Å²) in [5.74, 6) is 0. The van der Waals surface area contributed by atoms with Crippen LogP contribution in [0.2, 0.25) is 0 Å². The van der Waals surface area contributed by atoms with Crippen molar-refractivity contribution in [3.05, 3.63) is 0 Å². The summed E-state index contributed by atoms with van der Waals surface area (Å²) in [6.07, 6.45) is 0. The summed E-state index contributed by atoms with van der Waals surface area (Å²) in [4.78, 5) is 5.14. The molecule has 0 aromatic carbocycles. The second-order valence-electron chi connectivity index (χ2n) is 4.18. The van der Waals surface area contributed by atoms with Crippen molar-refractivity contribution in [2.75, 3.05) is 65.4 Å². The minimum Gasteiger partial charge on any atom is -0.314 e. The van der Waals surface area contributed by atoms with Crippen LogP contribution in [0.4, 0.5) is 0 Å². The molecule has 4 nitrogen and oxygen atoms in total. The minimum absolute atomic E-state index is 0. The van der Waals surface area contributed by atoms with E-state index in [0.717, 1.165) is 0 Å². The van der Waals surface area contributed by atoms with E-state index in [9.17, 15) is 0 Å². The van der Waals surface area contributed by atoms with Gasteiger partial charge in [0.25, 0.3) is 0 Å². The highest BCUT2D eigenvalue weighted by molar-refractivity contribution is 5.86. The van der Waals surface area contributed by atoms with Crippen LogP contribution in [0.5, 0.6) is 0 Å². The fraction of sp³-hybridized carbons (Fsp3) is 1.00. The average Bonchev–Trinajstić information content (AvgIpc) is 2.29. The number of hydrogen-bond acceptors (Lipinski definition) is 4. The van der Waals surface area contributed by atoms with Crippen LogP contribution in [0.15, 0.2) is 0 Å². The SMILES string of the molecule is C1CN(CCN2CCNCC2)CCN1.Cl.Cl.Cl.Cl.